The van der Waals surface area contributed by atoms with Crippen LogP contribution in [0.25, 0.3) is 0 Å². The third-order valence-corrected chi connectivity index (χ3v) is 3.34. The van der Waals surface area contributed by atoms with E-state index in [1.165, 1.54) is 0 Å². The highest BCUT2D eigenvalue weighted by Crippen LogP contribution is 2.22. The van der Waals surface area contributed by atoms with Crippen molar-refractivity contribution in [2.24, 2.45) is 5.92 Å². The number of nitrogens with zero attached hydrogens (tertiary/aromatic N) is 1. The fourth-order valence-corrected chi connectivity index (χ4v) is 2.36. The lowest BCUT2D eigenvalue weighted by Crippen LogP contribution is -2.47. The zero-order chi connectivity index (χ0) is 14.4. The lowest BCUT2D eigenvalue weighted by atomic mass is 10.0. The first-order valence-electron chi connectivity index (χ1n) is 6.81. The smallest absolute Gasteiger partial charge is 0.311 e. The van der Waals surface area contributed by atoms with Gasteiger partial charge in [0.2, 0.25) is 5.91 Å². The Bertz CT molecular complexity index is 364. The van der Waals surface area contributed by atoms with Gasteiger partial charge >= 0.3 is 5.97 Å². The molecule has 1 amide bonds. The van der Waals surface area contributed by atoms with Gasteiger partial charge in [-0.2, -0.15) is 0 Å². The Morgan fingerprint density at radius 2 is 2.05 bits per heavy atom. The first-order chi connectivity index (χ1) is 9.02. The predicted molar refractivity (Wildman–Crippen MR) is 71.8 cm³/mol. The molecule has 0 aromatic carbocycles. The molecule has 0 radical (unpaired) electrons. The van der Waals surface area contributed by atoms with Crippen molar-refractivity contribution < 1.29 is 19.4 Å². The van der Waals surface area contributed by atoms with Crippen LogP contribution in [0.1, 0.15) is 33.6 Å². The SMILES string of the molecule is CC/C=C(/C)C(=O)N(CCC)C1COCC1C(=O)O. The Labute approximate surface area is 114 Å². The predicted octanol–water partition coefficient (Wildman–Crippen LogP) is 1.68. The molecular formula is C14H23NO4. The van der Waals surface area contributed by atoms with Crippen molar-refractivity contribution >= 4 is 11.9 Å². The fraction of sp³-hybridized carbons (Fsp3) is 0.714. The number of ether oxygens (including phenoxy) is 1. The molecule has 0 bridgehead atoms. The number of allylic oxidation sites excluding steroid dienone is 1. The molecule has 1 aliphatic rings. The highest BCUT2D eigenvalue weighted by molar-refractivity contribution is 5.93. The van der Waals surface area contributed by atoms with Gasteiger partial charge in [-0.15, -0.1) is 0 Å². The summed E-state index contributed by atoms with van der Waals surface area (Å²) in [4.78, 5) is 25.3. The van der Waals surface area contributed by atoms with Crippen molar-refractivity contribution in [1.82, 2.24) is 4.90 Å². The van der Waals surface area contributed by atoms with Crippen molar-refractivity contribution in [3.05, 3.63) is 11.6 Å². The minimum absolute atomic E-state index is 0.0783. The van der Waals surface area contributed by atoms with Crippen LogP contribution in [0.15, 0.2) is 11.6 Å². The molecule has 19 heavy (non-hydrogen) atoms. The van der Waals surface area contributed by atoms with E-state index in [0.29, 0.717) is 18.7 Å². The van der Waals surface area contributed by atoms with Crippen molar-refractivity contribution in [2.75, 3.05) is 19.8 Å². The van der Waals surface area contributed by atoms with Crippen LogP contribution in [0, 0.1) is 5.92 Å². The molecule has 1 aliphatic heterocycles. The van der Waals surface area contributed by atoms with Crippen LogP contribution >= 0.6 is 0 Å². The maximum absolute atomic E-state index is 12.4. The van der Waals surface area contributed by atoms with Gasteiger partial charge in [0, 0.05) is 12.1 Å². The van der Waals surface area contributed by atoms with E-state index in [0.717, 1.165) is 12.8 Å². The van der Waals surface area contributed by atoms with E-state index in [1.807, 2.05) is 19.9 Å². The van der Waals surface area contributed by atoms with Crippen LogP contribution in [0.4, 0.5) is 0 Å². The molecule has 0 aliphatic carbocycles. The van der Waals surface area contributed by atoms with Crippen LogP contribution in [0.2, 0.25) is 0 Å². The molecule has 0 aromatic heterocycles. The van der Waals surface area contributed by atoms with E-state index in [4.69, 9.17) is 4.74 Å². The number of carboxylic acid groups (broad SMARTS) is 1. The van der Waals surface area contributed by atoms with Gasteiger partial charge in [0.25, 0.3) is 0 Å². The molecule has 5 nitrogen and oxygen atoms in total. The van der Waals surface area contributed by atoms with Gasteiger partial charge in [0.15, 0.2) is 0 Å². The van der Waals surface area contributed by atoms with Gasteiger partial charge in [-0.1, -0.05) is 19.9 Å². The summed E-state index contributed by atoms with van der Waals surface area (Å²) in [5.41, 5.74) is 0.673. The van der Waals surface area contributed by atoms with Gasteiger partial charge in [-0.3, -0.25) is 9.59 Å². The van der Waals surface area contributed by atoms with Crippen LogP contribution < -0.4 is 0 Å². The zero-order valence-corrected chi connectivity index (χ0v) is 11.9. The molecule has 0 aromatic rings. The average molecular weight is 269 g/mol. The number of aliphatic carboxylic acids is 1. The normalized spacial score (nSPS) is 23.4. The van der Waals surface area contributed by atoms with Crippen LogP contribution in [0.3, 0.4) is 0 Å². The molecule has 2 atom stereocenters. The Morgan fingerprint density at radius 3 is 2.58 bits per heavy atom. The van der Waals surface area contributed by atoms with Crippen molar-refractivity contribution in [3.63, 3.8) is 0 Å². The van der Waals surface area contributed by atoms with Crippen molar-refractivity contribution in [3.8, 4) is 0 Å². The Balaban J connectivity index is 2.90. The Hall–Kier alpha value is -1.36. The second-order valence-corrected chi connectivity index (χ2v) is 4.84. The highest BCUT2D eigenvalue weighted by atomic mass is 16.5. The largest absolute Gasteiger partial charge is 0.481 e. The number of amides is 1. The number of rotatable bonds is 6. The second kappa shape index (κ2) is 7.28. The molecule has 2 unspecified atom stereocenters. The number of carbonyl (C=O) groups is 2. The Morgan fingerprint density at radius 1 is 1.37 bits per heavy atom. The lowest BCUT2D eigenvalue weighted by Gasteiger charge is -2.30. The van der Waals surface area contributed by atoms with Gasteiger partial charge in [-0.05, 0) is 19.8 Å². The van der Waals surface area contributed by atoms with E-state index < -0.39 is 11.9 Å². The van der Waals surface area contributed by atoms with Crippen LogP contribution in [0.5, 0.6) is 0 Å². The van der Waals surface area contributed by atoms with Gasteiger partial charge < -0.3 is 14.7 Å². The summed E-state index contributed by atoms with van der Waals surface area (Å²) in [6.45, 7) is 6.78. The molecule has 0 spiro atoms. The van der Waals surface area contributed by atoms with Crippen LogP contribution in [-0.4, -0.2) is 47.7 Å². The third-order valence-electron chi connectivity index (χ3n) is 3.34. The summed E-state index contributed by atoms with van der Waals surface area (Å²) in [6, 6.07) is -0.356. The first kappa shape index (κ1) is 15.7. The minimum atomic E-state index is -0.895. The first-order valence-corrected chi connectivity index (χ1v) is 6.81. The van der Waals surface area contributed by atoms with Crippen molar-refractivity contribution in [2.45, 2.75) is 39.7 Å². The molecule has 5 heteroatoms. The molecule has 1 heterocycles. The topological polar surface area (TPSA) is 66.8 Å². The maximum Gasteiger partial charge on any atom is 0.311 e. The molecular weight excluding hydrogens is 246 g/mol. The van der Waals surface area contributed by atoms with Gasteiger partial charge in [-0.25, -0.2) is 0 Å². The molecule has 1 fully saturated rings. The number of hydrogen-bond acceptors (Lipinski definition) is 3. The van der Waals surface area contributed by atoms with E-state index in [-0.39, 0.29) is 18.6 Å². The fourth-order valence-electron chi connectivity index (χ4n) is 2.36. The summed E-state index contributed by atoms with van der Waals surface area (Å²) >= 11 is 0. The second-order valence-electron chi connectivity index (χ2n) is 4.84. The zero-order valence-electron chi connectivity index (χ0n) is 11.9. The molecule has 1 rings (SSSR count). The van der Waals surface area contributed by atoms with Gasteiger partial charge in [0.05, 0.1) is 19.3 Å². The standard InChI is InChI=1S/C14H23NO4/c1-4-6-10(3)13(16)15(7-5-2)12-9-19-8-11(12)14(17)18/h6,11-12H,4-5,7-9H2,1-3H3,(H,17,18)/b10-6-. The highest BCUT2D eigenvalue weighted by Gasteiger charge is 2.39. The maximum atomic E-state index is 12.4. The van der Waals surface area contributed by atoms with Crippen molar-refractivity contribution in [1.29, 1.82) is 0 Å². The quantitative estimate of drug-likeness (QED) is 0.745. The van der Waals surface area contributed by atoms with E-state index in [2.05, 4.69) is 0 Å². The summed E-state index contributed by atoms with van der Waals surface area (Å²) in [6.07, 6.45) is 3.46. The summed E-state index contributed by atoms with van der Waals surface area (Å²) in [5, 5.41) is 9.19. The summed E-state index contributed by atoms with van der Waals surface area (Å²) < 4.78 is 5.25. The number of carboxylic acids is 1. The summed E-state index contributed by atoms with van der Waals surface area (Å²) in [5.74, 6) is -1.59. The molecule has 1 N–H and O–H groups in total. The number of hydrogen-bond donors (Lipinski definition) is 1. The lowest BCUT2D eigenvalue weighted by molar-refractivity contribution is -0.144. The Kier molecular flexibility index (Phi) is 6.02. The summed E-state index contributed by atoms with van der Waals surface area (Å²) in [7, 11) is 0. The van der Waals surface area contributed by atoms with E-state index >= 15 is 0 Å². The van der Waals surface area contributed by atoms with Crippen LogP contribution in [-0.2, 0) is 14.3 Å². The van der Waals surface area contributed by atoms with E-state index in [1.54, 1.807) is 11.8 Å². The minimum Gasteiger partial charge on any atom is -0.481 e. The molecule has 108 valence electrons. The number of carbonyl (C=O) groups excluding carboxylic acids is 1. The van der Waals surface area contributed by atoms with E-state index in [9.17, 15) is 14.7 Å². The third kappa shape index (κ3) is 3.80. The molecule has 1 saturated heterocycles. The average Bonchev–Trinajstić information content (AvgIpc) is 2.84. The monoisotopic (exact) mass is 269 g/mol. The molecule has 0 saturated carbocycles. The van der Waals surface area contributed by atoms with Gasteiger partial charge in [0.1, 0.15) is 5.92 Å².